The van der Waals surface area contributed by atoms with E-state index >= 15 is 0 Å². The van der Waals surface area contributed by atoms with Crippen molar-refractivity contribution in [1.29, 1.82) is 0 Å². The minimum atomic E-state index is -0.931. The highest BCUT2D eigenvalue weighted by Crippen LogP contribution is 2.19. The first-order chi connectivity index (χ1) is 7.99. The van der Waals surface area contributed by atoms with Gasteiger partial charge < -0.3 is 15.1 Å². The normalized spacial score (nSPS) is 24.1. The lowest BCUT2D eigenvalue weighted by Gasteiger charge is -2.15. The van der Waals surface area contributed by atoms with Gasteiger partial charge in [0.2, 0.25) is 0 Å². The summed E-state index contributed by atoms with van der Waals surface area (Å²) in [6.45, 7) is 0.134. The summed E-state index contributed by atoms with van der Waals surface area (Å²) in [6, 6.07) is 4.07. The van der Waals surface area contributed by atoms with E-state index in [1.165, 1.54) is 17.0 Å². The SMILES string of the molecule is O=C(c1ccc(Br)c(F)c1)N1CC(O)C(O)C1. The Labute approximate surface area is 106 Å². The number of hydrogen-bond donors (Lipinski definition) is 2. The third-order valence-corrected chi connectivity index (χ3v) is 3.36. The Morgan fingerprint density at radius 3 is 2.47 bits per heavy atom. The number of amides is 1. The minimum Gasteiger partial charge on any atom is -0.388 e. The molecule has 1 aromatic rings. The molecule has 17 heavy (non-hydrogen) atoms. The van der Waals surface area contributed by atoms with Gasteiger partial charge in [-0.2, -0.15) is 0 Å². The highest BCUT2D eigenvalue weighted by Gasteiger charge is 2.33. The van der Waals surface area contributed by atoms with Crippen molar-refractivity contribution in [2.45, 2.75) is 12.2 Å². The summed E-state index contributed by atoms with van der Waals surface area (Å²) in [7, 11) is 0. The Morgan fingerprint density at radius 2 is 1.94 bits per heavy atom. The molecule has 2 rings (SSSR count). The van der Waals surface area contributed by atoms with Crippen LogP contribution in [0.4, 0.5) is 4.39 Å². The summed E-state index contributed by atoms with van der Waals surface area (Å²) in [5.74, 6) is -0.914. The zero-order valence-corrected chi connectivity index (χ0v) is 10.4. The number of nitrogens with zero attached hydrogens (tertiary/aromatic N) is 1. The topological polar surface area (TPSA) is 60.8 Å². The van der Waals surface area contributed by atoms with E-state index < -0.39 is 23.9 Å². The molecule has 92 valence electrons. The number of hydrogen-bond acceptors (Lipinski definition) is 3. The van der Waals surface area contributed by atoms with Crippen LogP contribution in [0.25, 0.3) is 0 Å². The van der Waals surface area contributed by atoms with Crippen molar-refractivity contribution in [3.05, 3.63) is 34.1 Å². The van der Waals surface area contributed by atoms with Crippen LogP contribution in [0.3, 0.4) is 0 Å². The average molecular weight is 304 g/mol. The van der Waals surface area contributed by atoms with E-state index in [2.05, 4.69) is 15.9 Å². The molecule has 0 bridgehead atoms. The molecule has 1 amide bonds. The molecule has 1 saturated heterocycles. The Morgan fingerprint density at radius 1 is 1.35 bits per heavy atom. The molecular weight excluding hydrogens is 293 g/mol. The number of likely N-dealkylation sites (tertiary alicyclic amines) is 1. The number of aliphatic hydroxyl groups is 2. The third kappa shape index (κ3) is 2.48. The van der Waals surface area contributed by atoms with Gasteiger partial charge >= 0.3 is 0 Å². The maximum Gasteiger partial charge on any atom is 0.254 e. The van der Waals surface area contributed by atoms with Gasteiger partial charge in [-0.3, -0.25) is 4.79 Å². The van der Waals surface area contributed by atoms with Gasteiger partial charge in [0.05, 0.1) is 16.7 Å². The van der Waals surface area contributed by atoms with Crippen LogP contribution in [0.5, 0.6) is 0 Å². The minimum absolute atomic E-state index is 0.0671. The molecule has 0 spiro atoms. The first-order valence-corrected chi connectivity index (χ1v) is 5.89. The molecule has 0 aromatic heterocycles. The smallest absolute Gasteiger partial charge is 0.254 e. The first kappa shape index (κ1) is 12.5. The summed E-state index contributed by atoms with van der Waals surface area (Å²) in [5, 5.41) is 18.7. The van der Waals surface area contributed by atoms with Gasteiger partial charge in [-0.15, -0.1) is 0 Å². The van der Waals surface area contributed by atoms with Crippen LogP contribution in [0.15, 0.2) is 22.7 Å². The summed E-state index contributed by atoms with van der Waals surface area (Å²) in [5.41, 5.74) is 0.201. The average Bonchev–Trinajstić information content (AvgIpc) is 2.62. The zero-order chi connectivity index (χ0) is 12.6. The molecule has 2 atom stereocenters. The van der Waals surface area contributed by atoms with E-state index in [4.69, 9.17) is 0 Å². The third-order valence-electron chi connectivity index (χ3n) is 2.71. The number of benzene rings is 1. The van der Waals surface area contributed by atoms with Crippen LogP contribution in [0.1, 0.15) is 10.4 Å². The number of halogens is 2. The highest BCUT2D eigenvalue weighted by molar-refractivity contribution is 9.10. The summed E-state index contributed by atoms with van der Waals surface area (Å²) < 4.78 is 13.6. The quantitative estimate of drug-likeness (QED) is 0.805. The Balaban J connectivity index is 2.17. The fourth-order valence-corrected chi connectivity index (χ4v) is 1.99. The number of β-amino-alcohol motifs (C(OH)–C–C–N with tert-alkyl or cyclic N) is 2. The van der Waals surface area contributed by atoms with E-state index in [1.54, 1.807) is 0 Å². The van der Waals surface area contributed by atoms with Crippen molar-refractivity contribution in [3.63, 3.8) is 0 Å². The summed E-state index contributed by atoms with van der Waals surface area (Å²) >= 11 is 3.00. The molecule has 0 saturated carbocycles. The van der Waals surface area contributed by atoms with Crippen molar-refractivity contribution in [2.75, 3.05) is 13.1 Å². The molecule has 6 heteroatoms. The molecule has 1 heterocycles. The standard InChI is InChI=1S/C11H11BrFNO3/c12-7-2-1-6(3-8(7)13)11(17)14-4-9(15)10(16)5-14/h1-3,9-10,15-16H,4-5H2. The second kappa shape index (κ2) is 4.72. The predicted octanol–water partition coefficient (Wildman–Crippen LogP) is 0.766. The summed E-state index contributed by atoms with van der Waals surface area (Å²) in [4.78, 5) is 13.2. The molecule has 0 radical (unpaired) electrons. The molecule has 2 unspecified atom stereocenters. The van der Waals surface area contributed by atoms with Crippen molar-refractivity contribution in [2.24, 2.45) is 0 Å². The fraction of sp³-hybridized carbons (Fsp3) is 0.364. The molecule has 0 aliphatic carbocycles. The van der Waals surface area contributed by atoms with Crippen molar-refractivity contribution >= 4 is 21.8 Å². The second-order valence-electron chi connectivity index (χ2n) is 3.97. The van der Waals surface area contributed by atoms with Gasteiger partial charge in [0.25, 0.3) is 5.91 Å². The Kier molecular flexibility index (Phi) is 3.46. The van der Waals surface area contributed by atoms with Gasteiger partial charge in [-0.1, -0.05) is 0 Å². The lowest BCUT2D eigenvalue weighted by Crippen LogP contribution is -2.29. The molecule has 2 N–H and O–H groups in total. The van der Waals surface area contributed by atoms with Gasteiger partial charge in [0.15, 0.2) is 0 Å². The number of carbonyl (C=O) groups excluding carboxylic acids is 1. The molecule has 4 nitrogen and oxygen atoms in total. The van der Waals surface area contributed by atoms with E-state index in [-0.39, 0.29) is 23.1 Å². The Hall–Kier alpha value is -0.980. The number of aliphatic hydroxyl groups excluding tert-OH is 2. The molecule has 1 aromatic carbocycles. The lowest BCUT2D eigenvalue weighted by molar-refractivity contribution is 0.0572. The van der Waals surface area contributed by atoms with Crippen molar-refractivity contribution in [1.82, 2.24) is 4.90 Å². The van der Waals surface area contributed by atoms with Crippen LogP contribution < -0.4 is 0 Å². The number of carbonyl (C=O) groups is 1. The summed E-state index contributed by atoms with van der Waals surface area (Å²) in [6.07, 6.45) is -1.86. The van der Waals surface area contributed by atoms with Crippen LogP contribution >= 0.6 is 15.9 Å². The molecule has 1 aliphatic heterocycles. The van der Waals surface area contributed by atoms with Crippen LogP contribution in [0.2, 0.25) is 0 Å². The largest absolute Gasteiger partial charge is 0.388 e. The van der Waals surface area contributed by atoms with Gasteiger partial charge in [0.1, 0.15) is 5.82 Å². The van der Waals surface area contributed by atoms with Crippen LogP contribution in [0, 0.1) is 5.82 Å². The molecular formula is C11H11BrFNO3. The molecule has 1 aliphatic rings. The van der Waals surface area contributed by atoms with Crippen molar-refractivity contribution < 1.29 is 19.4 Å². The monoisotopic (exact) mass is 303 g/mol. The first-order valence-electron chi connectivity index (χ1n) is 5.09. The van der Waals surface area contributed by atoms with E-state index in [0.717, 1.165) is 6.07 Å². The lowest BCUT2D eigenvalue weighted by atomic mass is 10.2. The van der Waals surface area contributed by atoms with E-state index in [0.29, 0.717) is 0 Å². The zero-order valence-electron chi connectivity index (χ0n) is 8.81. The maximum absolute atomic E-state index is 13.3. The van der Waals surface area contributed by atoms with E-state index in [1.807, 2.05) is 0 Å². The van der Waals surface area contributed by atoms with Gasteiger partial charge in [-0.25, -0.2) is 4.39 Å². The van der Waals surface area contributed by atoms with Gasteiger partial charge in [-0.05, 0) is 34.1 Å². The second-order valence-corrected chi connectivity index (χ2v) is 4.83. The number of rotatable bonds is 1. The Bertz CT molecular complexity index is 444. The maximum atomic E-state index is 13.3. The van der Waals surface area contributed by atoms with Crippen LogP contribution in [-0.2, 0) is 0 Å². The predicted molar refractivity (Wildman–Crippen MR) is 62.0 cm³/mol. The fourth-order valence-electron chi connectivity index (χ4n) is 1.75. The van der Waals surface area contributed by atoms with Gasteiger partial charge in [0, 0.05) is 18.7 Å². The van der Waals surface area contributed by atoms with Crippen LogP contribution in [-0.4, -0.2) is 46.3 Å². The highest BCUT2D eigenvalue weighted by atomic mass is 79.9. The van der Waals surface area contributed by atoms with Crippen molar-refractivity contribution in [3.8, 4) is 0 Å². The van der Waals surface area contributed by atoms with E-state index in [9.17, 15) is 19.4 Å². The molecule has 1 fully saturated rings.